The van der Waals surface area contributed by atoms with Crippen LogP contribution in [0.2, 0.25) is 5.02 Å². The van der Waals surface area contributed by atoms with Crippen LogP contribution in [-0.2, 0) is 9.53 Å². The van der Waals surface area contributed by atoms with Crippen molar-refractivity contribution >= 4 is 34.9 Å². The number of allylic oxidation sites excluding steroid dienone is 1. The van der Waals surface area contributed by atoms with Gasteiger partial charge in [-0.25, -0.2) is 4.79 Å². The number of carbonyl (C=O) groups is 1. The van der Waals surface area contributed by atoms with Gasteiger partial charge in [0.05, 0.1) is 29.9 Å². The number of hydrogen-bond acceptors (Lipinski definition) is 5. The van der Waals surface area contributed by atoms with E-state index in [4.69, 9.17) is 44.5 Å². The zero-order valence-corrected chi connectivity index (χ0v) is 16.9. The molecule has 2 N–H and O–H groups in total. The fraction of sp³-hybridized carbons (Fsp3) is 0.368. The number of nitrogens with one attached hydrogen (secondary N) is 2. The van der Waals surface area contributed by atoms with Gasteiger partial charge in [0.25, 0.3) is 0 Å². The molecule has 1 aromatic carbocycles. The molecule has 144 valence electrons. The summed E-state index contributed by atoms with van der Waals surface area (Å²) in [6.45, 7) is 6.08. The first-order chi connectivity index (χ1) is 12.9. The zero-order chi connectivity index (χ0) is 20.0. The Morgan fingerprint density at radius 1 is 1.33 bits per heavy atom. The fourth-order valence-electron chi connectivity index (χ4n) is 2.69. The van der Waals surface area contributed by atoms with Gasteiger partial charge < -0.3 is 24.8 Å². The lowest BCUT2D eigenvalue weighted by Gasteiger charge is -2.30. The predicted molar refractivity (Wildman–Crippen MR) is 108 cm³/mol. The van der Waals surface area contributed by atoms with E-state index < -0.39 is 12.0 Å². The summed E-state index contributed by atoms with van der Waals surface area (Å²) in [7, 11) is 0. The molecule has 0 saturated heterocycles. The molecule has 1 heterocycles. The van der Waals surface area contributed by atoms with E-state index in [9.17, 15) is 4.79 Å². The van der Waals surface area contributed by atoms with Gasteiger partial charge in [0.15, 0.2) is 16.6 Å². The summed E-state index contributed by atoms with van der Waals surface area (Å²) in [5.74, 6) is 2.74. The lowest BCUT2D eigenvalue weighted by molar-refractivity contribution is -0.139. The number of halogens is 1. The highest BCUT2D eigenvalue weighted by molar-refractivity contribution is 7.80. The van der Waals surface area contributed by atoms with Crippen molar-refractivity contribution in [1.29, 1.82) is 0 Å². The topological polar surface area (TPSA) is 68.8 Å². The number of hydrogen-bond donors (Lipinski definition) is 2. The Morgan fingerprint density at radius 3 is 2.70 bits per heavy atom. The smallest absolute Gasteiger partial charge is 0.338 e. The van der Waals surface area contributed by atoms with Crippen molar-refractivity contribution in [3.05, 3.63) is 34.0 Å². The van der Waals surface area contributed by atoms with E-state index >= 15 is 0 Å². The first-order valence-corrected chi connectivity index (χ1v) is 9.19. The molecule has 2 rings (SSSR count). The molecule has 0 saturated carbocycles. The number of ether oxygens (including phenoxy) is 3. The molecule has 0 amide bonds. The first-order valence-electron chi connectivity index (χ1n) is 8.40. The van der Waals surface area contributed by atoms with Crippen molar-refractivity contribution in [2.45, 2.75) is 26.8 Å². The molecule has 1 aliphatic rings. The molecular formula is C19H21ClN2O4S. The van der Waals surface area contributed by atoms with E-state index in [1.165, 1.54) is 0 Å². The van der Waals surface area contributed by atoms with Crippen LogP contribution >= 0.6 is 23.8 Å². The average molecular weight is 409 g/mol. The van der Waals surface area contributed by atoms with Crippen LogP contribution in [0.1, 0.15) is 32.4 Å². The number of rotatable bonds is 7. The highest BCUT2D eigenvalue weighted by Crippen LogP contribution is 2.40. The van der Waals surface area contributed by atoms with Crippen molar-refractivity contribution in [1.82, 2.24) is 10.6 Å². The van der Waals surface area contributed by atoms with Crippen LogP contribution in [0.3, 0.4) is 0 Å². The summed E-state index contributed by atoms with van der Waals surface area (Å²) in [6.07, 6.45) is 5.26. The molecule has 6 nitrogen and oxygen atoms in total. The molecule has 0 aromatic heterocycles. The molecule has 27 heavy (non-hydrogen) atoms. The molecule has 0 spiro atoms. The number of esters is 1. The molecule has 8 heteroatoms. The van der Waals surface area contributed by atoms with E-state index in [1.807, 2.05) is 6.92 Å². The van der Waals surface area contributed by atoms with Crippen molar-refractivity contribution in [3.8, 4) is 23.8 Å². The van der Waals surface area contributed by atoms with Crippen LogP contribution in [0.5, 0.6) is 11.5 Å². The maximum absolute atomic E-state index is 12.5. The monoisotopic (exact) mass is 408 g/mol. The van der Waals surface area contributed by atoms with Crippen LogP contribution in [0.4, 0.5) is 0 Å². The maximum Gasteiger partial charge on any atom is 0.338 e. The minimum atomic E-state index is -0.545. The number of thiocarbonyl (C=S) groups is 1. The van der Waals surface area contributed by atoms with Gasteiger partial charge in [-0.1, -0.05) is 17.5 Å². The number of terminal acetylenes is 1. The zero-order valence-electron chi connectivity index (χ0n) is 15.3. The largest absolute Gasteiger partial charge is 0.490 e. The molecule has 0 fully saturated rings. The van der Waals surface area contributed by atoms with Gasteiger partial charge in [0, 0.05) is 5.70 Å². The summed E-state index contributed by atoms with van der Waals surface area (Å²) < 4.78 is 16.4. The summed E-state index contributed by atoms with van der Waals surface area (Å²) >= 11 is 11.6. The van der Waals surface area contributed by atoms with Crippen LogP contribution in [0.15, 0.2) is 23.4 Å². The van der Waals surface area contributed by atoms with Gasteiger partial charge in [0.2, 0.25) is 0 Å². The predicted octanol–water partition coefficient (Wildman–Crippen LogP) is 3.11. The molecular weight excluding hydrogens is 388 g/mol. The summed E-state index contributed by atoms with van der Waals surface area (Å²) in [6, 6.07) is 2.89. The third kappa shape index (κ3) is 4.85. The minimum Gasteiger partial charge on any atom is -0.490 e. The average Bonchev–Trinajstić information content (AvgIpc) is 2.60. The van der Waals surface area contributed by atoms with Crippen molar-refractivity contribution < 1.29 is 19.0 Å². The molecule has 0 bridgehead atoms. The molecule has 1 atom stereocenters. The van der Waals surface area contributed by atoms with Crippen LogP contribution in [0, 0.1) is 12.3 Å². The Kier molecular flexibility index (Phi) is 7.34. The second-order valence-electron chi connectivity index (χ2n) is 5.55. The Balaban J connectivity index is 2.53. The van der Waals surface area contributed by atoms with Crippen molar-refractivity contribution in [3.63, 3.8) is 0 Å². The van der Waals surface area contributed by atoms with Gasteiger partial charge in [0.1, 0.15) is 6.61 Å². The standard InChI is InChI=1S/C19H21ClN2O4S/c1-5-8-26-17-13(20)9-12(10-14(17)24-6-2)16-15(18(23)25-7-3)11(4)21-19(27)22-16/h1,9-10,16H,6-8H2,2-4H3,(H2,21,22,27)/t16-/m1/s1. The van der Waals surface area contributed by atoms with Gasteiger partial charge in [-0.3, -0.25) is 0 Å². The Bertz CT molecular complexity index is 817. The first kappa shape index (κ1) is 20.9. The van der Waals surface area contributed by atoms with Gasteiger partial charge in [-0.15, -0.1) is 6.42 Å². The van der Waals surface area contributed by atoms with Crippen LogP contribution in [-0.4, -0.2) is 30.9 Å². The van der Waals surface area contributed by atoms with Crippen LogP contribution < -0.4 is 20.1 Å². The van der Waals surface area contributed by atoms with E-state index in [-0.39, 0.29) is 13.2 Å². The highest BCUT2D eigenvalue weighted by atomic mass is 35.5. The number of benzene rings is 1. The lowest BCUT2D eigenvalue weighted by atomic mass is 9.95. The van der Waals surface area contributed by atoms with Crippen LogP contribution in [0.25, 0.3) is 0 Å². The second kappa shape index (κ2) is 9.49. The summed E-state index contributed by atoms with van der Waals surface area (Å²) in [4.78, 5) is 12.5. The summed E-state index contributed by atoms with van der Waals surface area (Å²) in [5, 5.41) is 6.75. The Hall–Kier alpha value is -2.43. The lowest BCUT2D eigenvalue weighted by Crippen LogP contribution is -2.45. The van der Waals surface area contributed by atoms with E-state index in [0.717, 1.165) is 0 Å². The maximum atomic E-state index is 12.5. The number of carbonyl (C=O) groups excluding carboxylic acids is 1. The Morgan fingerprint density at radius 2 is 2.07 bits per heavy atom. The quantitative estimate of drug-likeness (QED) is 0.408. The van der Waals surface area contributed by atoms with E-state index in [2.05, 4.69) is 16.6 Å². The normalized spacial score (nSPS) is 16.1. The molecule has 0 aliphatic carbocycles. The van der Waals surface area contributed by atoms with Gasteiger partial charge in [-0.05, 0) is 50.7 Å². The molecule has 0 radical (unpaired) electrons. The van der Waals surface area contributed by atoms with Gasteiger partial charge in [-0.2, -0.15) is 0 Å². The highest BCUT2D eigenvalue weighted by Gasteiger charge is 2.32. The third-order valence-electron chi connectivity index (χ3n) is 3.73. The minimum absolute atomic E-state index is 0.0575. The SMILES string of the molecule is C#CCOc1c(Cl)cc([C@H]2NC(=S)NC(C)=C2C(=O)OCC)cc1OCC. The Labute approximate surface area is 169 Å². The second-order valence-corrected chi connectivity index (χ2v) is 6.36. The van der Waals surface area contributed by atoms with E-state index in [1.54, 1.807) is 26.0 Å². The van der Waals surface area contributed by atoms with Gasteiger partial charge >= 0.3 is 5.97 Å². The third-order valence-corrected chi connectivity index (χ3v) is 4.23. The van der Waals surface area contributed by atoms with Crippen molar-refractivity contribution in [2.75, 3.05) is 19.8 Å². The van der Waals surface area contributed by atoms with Crippen molar-refractivity contribution in [2.24, 2.45) is 0 Å². The molecule has 0 unspecified atom stereocenters. The molecule has 1 aliphatic heterocycles. The van der Waals surface area contributed by atoms with E-state index in [0.29, 0.717) is 45.1 Å². The fourth-order valence-corrected chi connectivity index (χ4v) is 3.24. The molecule has 1 aromatic rings. The summed E-state index contributed by atoms with van der Waals surface area (Å²) in [5.41, 5.74) is 1.72.